The van der Waals surface area contributed by atoms with Gasteiger partial charge in [0, 0.05) is 69.6 Å². The molecule has 0 unspecified atom stereocenters. The number of nitrogens with two attached hydrogens (primary N) is 1. The van der Waals surface area contributed by atoms with Crippen LogP contribution in [0.2, 0.25) is 0 Å². The Morgan fingerprint density at radius 3 is 2.56 bits per heavy atom. The molecule has 1 aliphatic heterocycles. The average Bonchev–Trinajstić information content (AvgIpc) is 2.91. The van der Waals surface area contributed by atoms with Crippen molar-refractivity contribution < 1.29 is 4.79 Å². The van der Waals surface area contributed by atoms with Crippen molar-refractivity contribution >= 4 is 17.4 Å². The number of benzene rings is 1. The van der Waals surface area contributed by atoms with E-state index >= 15 is 0 Å². The molecule has 1 aliphatic rings. The number of carbonyl (C=O) groups is 1. The molecule has 1 atom stereocenters. The van der Waals surface area contributed by atoms with Gasteiger partial charge >= 0.3 is 0 Å². The van der Waals surface area contributed by atoms with Crippen molar-refractivity contribution in [3.8, 4) is 0 Å². The lowest BCUT2D eigenvalue weighted by molar-refractivity contribution is 0.0933. The number of rotatable bonds is 8. The number of hydrogen-bond donors (Lipinski definition) is 2. The van der Waals surface area contributed by atoms with Gasteiger partial charge in [0.05, 0.1) is 11.9 Å². The van der Waals surface area contributed by atoms with E-state index in [4.69, 9.17) is 5.73 Å². The van der Waals surface area contributed by atoms with E-state index in [0.29, 0.717) is 30.6 Å². The predicted octanol–water partition coefficient (Wildman–Crippen LogP) is 2.86. The van der Waals surface area contributed by atoms with Crippen LogP contribution in [0.3, 0.4) is 0 Å². The Kier molecular flexibility index (Phi) is 8.70. The Bertz CT molecular complexity index is 1330. The fourth-order valence-corrected chi connectivity index (χ4v) is 4.89. The van der Waals surface area contributed by atoms with Gasteiger partial charge in [-0.15, -0.1) is 0 Å². The van der Waals surface area contributed by atoms with Crippen LogP contribution in [0.15, 0.2) is 53.5 Å². The van der Waals surface area contributed by atoms with Crippen LogP contribution < -0.4 is 26.4 Å². The van der Waals surface area contributed by atoms with Gasteiger partial charge in [0.25, 0.3) is 11.5 Å². The summed E-state index contributed by atoms with van der Waals surface area (Å²) >= 11 is 0. The highest BCUT2D eigenvalue weighted by molar-refractivity contribution is 5.94. The monoisotopic (exact) mass is 531 g/mol. The number of aromatic nitrogens is 3. The summed E-state index contributed by atoms with van der Waals surface area (Å²) in [5.41, 5.74) is 9.86. The van der Waals surface area contributed by atoms with Crippen LogP contribution in [0.5, 0.6) is 0 Å². The minimum Gasteiger partial charge on any atom is -0.372 e. The first-order valence-corrected chi connectivity index (χ1v) is 13.6. The zero-order chi connectivity index (χ0) is 28.2. The summed E-state index contributed by atoms with van der Waals surface area (Å²) in [5, 5.41) is 7.74. The van der Waals surface area contributed by atoms with Crippen molar-refractivity contribution in [3.05, 3.63) is 81.4 Å². The maximum atomic E-state index is 13.0. The fourth-order valence-electron chi connectivity index (χ4n) is 4.89. The van der Waals surface area contributed by atoms with E-state index in [0.717, 1.165) is 43.1 Å². The molecule has 1 saturated heterocycles. The first kappa shape index (κ1) is 28.3. The molecule has 3 N–H and O–H groups in total. The van der Waals surface area contributed by atoms with Crippen LogP contribution in [0.1, 0.15) is 60.8 Å². The molecule has 208 valence electrons. The lowest BCUT2D eigenvalue weighted by Crippen LogP contribution is -2.48. The third-order valence-corrected chi connectivity index (χ3v) is 7.30. The Morgan fingerprint density at radius 1 is 1.18 bits per heavy atom. The molecular formula is C30H41N7O2. The Hall–Kier alpha value is -3.72. The lowest BCUT2D eigenvalue weighted by Gasteiger charge is -2.34. The Labute approximate surface area is 231 Å². The molecule has 9 nitrogen and oxygen atoms in total. The van der Waals surface area contributed by atoms with Crippen LogP contribution in [0, 0.1) is 0 Å². The first-order chi connectivity index (χ1) is 18.5. The molecule has 39 heavy (non-hydrogen) atoms. The van der Waals surface area contributed by atoms with E-state index in [1.54, 1.807) is 7.05 Å². The van der Waals surface area contributed by atoms with E-state index in [1.165, 1.54) is 10.2 Å². The zero-order valence-electron chi connectivity index (χ0n) is 23.8. The number of aryl methyl sites for hydroxylation is 1. The highest BCUT2D eigenvalue weighted by Gasteiger charge is 2.24. The number of likely N-dealkylation sites (N-methyl/N-ethyl adjacent to an activating group) is 1. The highest BCUT2D eigenvalue weighted by Crippen LogP contribution is 2.23. The molecule has 0 radical (unpaired) electrons. The molecule has 1 aromatic carbocycles. The van der Waals surface area contributed by atoms with Gasteiger partial charge in [0.15, 0.2) is 0 Å². The minimum atomic E-state index is -0.134. The van der Waals surface area contributed by atoms with E-state index < -0.39 is 0 Å². The highest BCUT2D eigenvalue weighted by atomic mass is 16.1. The number of amides is 1. The molecular weight excluding hydrogens is 490 g/mol. The second-order valence-corrected chi connectivity index (χ2v) is 11.4. The van der Waals surface area contributed by atoms with E-state index in [9.17, 15) is 9.59 Å². The summed E-state index contributed by atoms with van der Waals surface area (Å²) in [6, 6.07) is 13.7. The predicted molar refractivity (Wildman–Crippen MR) is 157 cm³/mol. The quantitative estimate of drug-likeness (QED) is 0.460. The number of anilines is 2. The van der Waals surface area contributed by atoms with Crippen LogP contribution in [0.25, 0.3) is 0 Å². The Balaban J connectivity index is 1.44. The number of carbonyl (C=O) groups excluding carboxylic acids is 1. The van der Waals surface area contributed by atoms with Gasteiger partial charge in [-0.05, 0) is 54.2 Å². The normalized spacial score (nSPS) is 15.7. The minimum absolute atomic E-state index is 0.00394. The molecule has 3 heterocycles. The fraction of sp³-hybridized carbons (Fsp3) is 0.467. The molecule has 3 aromatic rings. The van der Waals surface area contributed by atoms with Gasteiger partial charge in [0.1, 0.15) is 5.82 Å². The number of pyridine rings is 1. The molecule has 2 aromatic heterocycles. The van der Waals surface area contributed by atoms with Gasteiger partial charge < -0.3 is 20.9 Å². The lowest BCUT2D eigenvalue weighted by atomic mass is 9.86. The second kappa shape index (κ2) is 12.0. The van der Waals surface area contributed by atoms with E-state index in [1.807, 2.05) is 60.6 Å². The smallest absolute Gasteiger partial charge is 0.270 e. The summed E-state index contributed by atoms with van der Waals surface area (Å²) < 4.78 is 1.40. The van der Waals surface area contributed by atoms with E-state index in [2.05, 4.69) is 41.1 Å². The maximum Gasteiger partial charge on any atom is 0.270 e. The number of hydrogen-bond acceptors (Lipinski definition) is 7. The Morgan fingerprint density at radius 2 is 1.92 bits per heavy atom. The van der Waals surface area contributed by atoms with Crippen LogP contribution in [-0.2, 0) is 18.9 Å². The van der Waals surface area contributed by atoms with Crippen molar-refractivity contribution in [2.45, 2.75) is 51.5 Å². The summed E-state index contributed by atoms with van der Waals surface area (Å²) in [4.78, 5) is 34.6. The van der Waals surface area contributed by atoms with Crippen LogP contribution in [-0.4, -0.2) is 59.9 Å². The number of nitrogens with one attached hydrogen (secondary N) is 1. The maximum absolute atomic E-state index is 13.0. The number of nitrogens with zero attached hydrogens (tertiary/aromatic N) is 5. The average molecular weight is 532 g/mol. The molecule has 0 aliphatic carbocycles. The molecule has 1 fully saturated rings. The van der Waals surface area contributed by atoms with Crippen LogP contribution in [0.4, 0.5) is 11.5 Å². The van der Waals surface area contributed by atoms with Crippen molar-refractivity contribution in [1.29, 1.82) is 0 Å². The summed E-state index contributed by atoms with van der Waals surface area (Å²) in [6.07, 6.45) is 4.05. The van der Waals surface area contributed by atoms with Crippen molar-refractivity contribution in [2.75, 3.05) is 43.0 Å². The third-order valence-electron chi connectivity index (χ3n) is 7.30. The second-order valence-electron chi connectivity index (χ2n) is 11.4. The van der Waals surface area contributed by atoms with Gasteiger partial charge in [-0.1, -0.05) is 32.9 Å². The van der Waals surface area contributed by atoms with Gasteiger partial charge in [-0.25, -0.2) is 4.68 Å². The van der Waals surface area contributed by atoms with Gasteiger partial charge in [0.2, 0.25) is 0 Å². The summed E-state index contributed by atoms with van der Waals surface area (Å²) in [7, 11) is 3.66. The van der Waals surface area contributed by atoms with Crippen LogP contribution >= 0.6 is 0 Å². The topological polar surface area (TPSA) is 109 Å². The molecule has 0 bridgehead atoms. The molecule has 0 saturated carbocycles. The zero-order valence-corrected chi connectivity index (χ0v) is 23.8. The third kappa shape index (κ3) is 7.03. The van der Waals surface area contributed by atoms with E-state index in [-0.39, 0.29) is 22.9 Å². The van der Waals surface area contributed by atoms with Crippen molar-refractivity contribution in [2.24, 2.45) is 12.8 Å². The number of piperidine rings is 1. The SMILES string of the molecule is CN(CCN)c1ccc(Cc2cc(N3CCC[C@@H](NC(=O)c4ccc(C(C)(C)C)cc4)C3)nn(C)c2=O)nc1. The summed E-state index contributed by atoms with van der Waals surface area (Å²) in [6.45, 7) is 9.25. The largest absolute Gasteiger partial charge is 0.372 e. The van der Waals surface area contributed by atoms with Crippen molar-refractivity contribution in [1.82, 2.24) is 20.1 Å². The molecule has 9 heteroatoms. The standard InChI is InChI=1S/C30H41N7O2/c1-30(2,3)23-10-8-21(9-11-23)28(38)33-25-7-6-15-37(20-25)27-18-22(29(39)36(5)34-27)17-24-12-13-26(19-32-24)35(4)16-14-31/h8-13,18-19,25H,6-7,14-17,20,31H2,1-5H3,(H,33,38)/t25-/m1/s1. The molecule has 4 rings (SSSR count). The van der Waals surface area contributed by atoms with Crippen molar-refractivity contribution in [3.63, 3.8) is 0 Å². The summed E-state index contributed by atoms with van der Waals surface area (Å²) in [5.74, 6) is 0.669. The van der Waals surface area contributed by atoms with Gasteiger partial charge in [-0.2, -0.15) is 5.10 Å². The molecule has 0 spiro atoms. The molecule has 1 amide bonds. The first-order valence-electron chi connectivity index (χ1n) is 13.6. The van der Waals surface area contributed by atoms with Gasteiger partial charge in [-0.3, -0.25) is 14.6 Å².